The topological polar surface area (TPSA) is 67.8 Å². The van der Waals surface area contributed by atoms with Gasteiger partial charge in [0.1, 0.15) is 5.82 Å². The summed E-state index contributed by atoms with van der Waals surface area (Å²) in [5.41, 5.74) is 3.14. The van der Waals surface area contributed by atoms with Gasteiger partial charge in [-0.15, -0.1) is 0 Å². The monoisotopic (exact) mass is 364 g/mol. The molecule has 0 radical (unpaired) electrons. The lowest BCUT2D eigenvalue weighted by Gasteiger charge is -2.29. The number of hydrogen-bond donors (Lipinski definition) is 1. The van der Waals surface area contributed by atoms with Gasteiger partial charge in [0.05, 0.1) is 11.4 Å². The van der Waals surface area contributed by atoms with E-state index in [9.17, 15) is 4.79 Å². The molecule has 2 aromatic rings. The summed E-state index contributed by atoms with van der Waals surface area (Å²) in [5, 5.41) is 3.17. The predicted molar refractivity (Wildman–Crippen MR) is 105 cm³/mol. The predicted octanol–water partition coefficient (Wildman–Crippen LogP) is 3.89. The number of hydrogen-bond acceptors (Lipinski definition) is 4. The van der Waals surface area contributed by atoms with Gasteiger partial charge in [0.15, 0.2) is 0 Å². The van der Waals surface area contributed by atoms with Crippen molar-refractivity contribution in [3.05, 3.63) is 42.1 Å². The maximum atomic E-state index is 12.0. The molecular weight excluding hydrogens is 336 g/mol. The Morgan fingerprint density at radius 2 is 1.96 bits per heavy atom. The Morgan fingerprint density at radius 3 is 2.63 bits per heavy atom. The summed E-state index contributed by atoms with van der Waals surface area (Å²) in [7, 11) is 0. The molecule has 0 unspecified atom stereocenters. The molecule has 2 aromatic heterocycles. The number of nitrogens with zero attached hydrogens (tertiary/aromatic N) is 3. The molecule has 0 aromatic carbocycles. The van der Waals surface area contributed by atoms with Crippen molar-refractivity contribution in [2.24, 2.45) is 17.8 Å². The van der Waals surface area contributed by atoms with Gasteiger partial charge in [0.25, 0.3) is 0 Å². The normalized spacial score (nSPS) is 27.2. The standard InChI is InChI=1S/C22H28N4O/c1-14-11-18(14)22(27)25-12-16-6-8-17(9-7-16)21-19(13-24-15(2)26-21)20-5-3-4-10-23-20/h3-5,10,13-14,16-18H,6-9,11-12H2,1-2H3,(H,25,27)/t14-,16?,17?,18+/m1/s1. The molecule has 0 spiro atoms. The van der Waals surface area contributed by atoms with Crippen molar-refractivity contribution in [2.45, 2.75) is 51.9 Å². The summed E-state index contributed by atoms with van der Waals surface area (Å²) in [6.07, 6.45) is 9.28. The van der Waals surface area contributed by atoms with Gasteiger partial charge in [0.2, 0.25) is 5.91 Å². The van der Waals surface area contributed by atoms with E-state index in [4.69, 9.17) is 4.98 Å². The van der Waals surface area contributed by atoms with Gasteiger partial charge in [-0.2, -0.15) is 0 Å². The summed E-state index contributed by atoms with van der Waals surface area (Å²) < 4.78 is 0. The molecule has 1 N–H and O–H groups in total. The van der Waals surface area contributed by atoms with Crippen LogP contribution in [0.5, 0.6) is 0 Å². The Bertz CT molecular complexity index is 799. The van der Waals surface area contributed by atoms with Gasteiger partial charge < -0.3 is 5.32 Å². The number of rotatable bonds is 5. The van der Waals surface area contributed by atoms with E-state index in [1.54, 1.807) is 0 Å². The van der Waals surface area contributed by atoms with Crippen LogP contribution >= 0.6 is 0 Å². The maximum absolute atomic E-state index is 12.0. The van der Waals surface area contributed by atoms with E-state index in [0.29, 0.717) is 17.8 Å². The van der Waals surface area contributed by atoms with Crippen molar-refractivity contribution < 1.29 is 4.79 Å². The third kappa shape index (κ3) is 4.18. The number of carbonyl (C=O) groups is 1. The number of pyridine rings is 1. The number of carbonyl (C=O) groups excluding carboxylic acids is 1. The highest BCUT2D eigenvalue weighted by Crippen LogP contribution is 2.39. The van der Waals surface area contributed by atoms with Gasteiger partial charge in [-0.25, -0.2) is 9.97 Å². The van der Waals surface area contributed by atoms with Crippen LogP contribution in [0.4, 0.5) is 0 Å². The van der Waals surface area contributed by atoms with E-state index < -0.39 is 0 Å². The summed E-state index contributed by atoms with van der Waals surface area (Å²) in [6, 6.07) is 5.96. The van der Waals surface area contributed by atoms with E-state index in [1.165, 1.54) is 0 Å². The van der Waals surface area contributed by atoms with E-state index in [0.717, 1.165) is 61.4 Å². The van der Waals surface area contributed by atoms with Crippen LogP contribution in [0.3, 0.4) is 0 Å². The Balaban J connectivity index is 1.39. The summed E-state index contributed by atoms with van der Waals surface area (Å²) in [6.45, 7) is 4.93. The largest absolute Gasteiger partial charge is 0.356 e. The highest BCUT2D eigenvalue weighted by Gasteiger charge is 2.39. The van der Waals surface area contributed by atoms with Crippen LogP contribution in [0.2, 0.25) is 0 Å². The van der Waals surface area contributed by atoms with Crippen molar-refractivity contribution in [3.63, 3.8) is 0 Å². The molecule has 2 saturated carbocycles. The van der Waals surface area contributed by atoms with E-state index in [1.807, 2.05) is 37.5 Å². The van der Waals surface area contributed by atoms with Gasteiger partial charge in [-0.05, 0) is 63.0 Å². The quantitative estimate of drug-likeness (QED) is 0.874. The van der Waals surface area contributed by atoms with Gasteiger partial charge >= 0.3 is 0 Å². The van der Waals surface area contributed by atoms with Gasteiger partial charge in [-0.3, -0.25) is 9.78 Å². The van der Waals surface area contributed by atoms with Crippen molar-refractivity contribution in [1.29, 1.82) is 0 Å². The lowest BCUT2D eigenvalue weighted by molar-refractivity contribution is -0.122. The first-order valence-electron chi connectivity index (χ1n) is 10.1. The van der Waals surface area contributed by atoms with Crippen molar-refractivity contribution in [3.8, 4) is 11.3 Å². The molecule has 2 heterocycles. The molecule has 5 nitrogen and oxygen atoms in total. The summed E-state index contributed by atoms with van der Waals surface area (Å²) >= 11 is 0. The van der Waals surface area contributed by atoms with Gasteiger partial charge in [0, 0.05) is 36.3 Å². The zero-order valence-corrected chi connectivity index (χ0v) is 16.2. The van der Waals surface area contributed by atoms with Crippen LogP contribution in [-0.4, -0.2) is 27.4 Å². The Labute approximate surface area is 161 Å². The molecule has 2 aliphatic rings. The molecule has 27 heavy (non-hydrogen) atoms. The third-order valence-corrected chi connectivity index (χ3v) is 6.12. The van der Waals surface area contributed by atoms with Crippen LogP contribution in [-0.2, 0) is 4.79 Å². The van der Waals surface area contributed by atoms with Crippen LogP contribution < -0.4 is 5.32 Å². The van der Waals surface area contributed by atoms with E-state index in [2.05, 4.69) is 22.2 Å². The molecule has 1 amide bonds. The summed E-state index contributed by atoms with van der Waals surface area (Å²) in [4.78, 5) is 25.7. The first kappa shape index (κ1) is 18.1. The molecular formula is C22H28N4O. The first-order valence-corrected chi connectivity index (χ1v) is 10.1. The molecule has 5 heteroatoms. The second-order valence-electron chi connectivity index (χ2n) is 8.21. The van der Waals surface area contributed by atoms with Crippen molar-refractivity contribution >= 4 is 5.91 Å². The Kier molecular flexibility index (Phi) is 5.19. The van der Waals surface area contributed by atoms with Crippen LogP contribution in [0, 0.1) is 24.7 Å². The minimum absolute atomic E-state index is 0.258. The fraction of sp³-hybridized carbons (Fsp3) is 0.545. The first-order chi connectivity index (χ1) is 13.1. The Hall–Kier alpha value is -2.30. The maximum Gasteiger partial charge on any atom is 0.223 e. The molecule has 4 rings (SSSR count). The average Bonchev–Trinajstić information content (AvgIpc) is 3.44. The molecule has 0 bridgehead atoms. The Morgan fingerprint density at radius 1 is 1.19 bits per heavy atom. The minimum atomic E-state index is 0.258. The lowest BCUT2D eigenvalue weighted by Crippen LogP contribution is -2.32. The van der Waals surface area contributed by atoms with Crippen LogP contribution in [0.25, 0.3) is 11.3 Å². The fourth-order valence-electron chi connectivity index (χ4n) is 4.22. The molecule has 0 aliphatic heterocycles. The molecule has 2 fully saturated rings. The van der Waals surface area contributed by atoms with Crippen molar-refractivity contribution in [2.75, 3.05) is 6.54 Å². The molecule has 2 atom stereocenters. The second-order valence-corrected chi connectivity index (χ2v) is 8.21. The molecule has 142 valence electrons. The number of aryl methyl sites for hydroxylation is 1. The SMILES string of the molecule is Cc1ncc(-c2ccccn2)c(C2CCC(CNC(=O)[C@H]3C[C@H]3C)CC2)n1. The third-order valence-electron chi connectivity index (χ3n) is 6.12. The number of amides is 1. The number of aromatic nitrogens is 3. The molecule has 0 saturated heterocycles. The summed E-state index contributed by atoms with van der Waals surface area (Å²) in [5.74, 6) is 2.95. The van der Waals surface area contributed by atoms with Crippen LogP contribution in [0.15, 0.2) is 30.6 Å². The van der Waals surface area contributed by atoms with E-state index >= 15 is 0 Å². The zero-order valence-electron chi connectivity index (χ0n) is 16.2. The fourth-order valence-corrected chi connectivity index (χ4v) is 4.22. The minimum Gasteiger partial charge on any atom is -0.356 e. The smallest absolute Gasteiger partial charge is 0.223 e. The van der Waals surface area contributed by atoms with Crippen LogP contribution in [0.1, 0.15) is 56.5 Å². The van der Waals surface area contributed by atoms with E-state index in [-0.39, 0.29) is 11.8 Å². The average molecular weight is 364 g/mol. The second kappa shape index (κ2) is 7.75. The zero-order chi connectivity index (χ0) is 18.8. The highest BCUT2D eigenvalue weighted by molar-refractivity contribution is 5.81. The van der Waals surface area contributed by atoms with Gasteiger partial charge in [-0.1, -0.05) is 13.0 Å². The number of nitrogens with one attached hydrogen (secondary N) is 1. The molecule has 2 aliphatic carbocycles. The van der Waals surface area contributed by atoms with Crippen molar-refractivity contribution in [1.82, 2.24) is 20.3 Å². The lowest BCUT2D eigenvalue weighted by atomic mass is 9.79. The highest BCUT2D eigenvalue weighted by atomic mass is 16.2.